The summed E-state index contributed by atoms with van der Waals surface area (Å²) in [6, 6.07) is 0.243. The number of allylic oxidation sites excluding steroid dienone is 5. The number of nitrogens with zero attached hydrogens (tertiary/aromatic N) is 4. The van der Waals surface area contributed by atoms with Crippen LogP contribution in [0.3, 0.4) is 0 Å². The summed E-state index contributed by atoms with van der Waals surface area (Å²) in [5.41, 5.74) is 3.92. The zero-order valence-electron chi connectivity index (χ0n) is 16.6. The Morgan fingerprint density at radius 2 is 2.08 bits per heavy atom. The minimum absolute atomic E-state index is 0.243. The molecule has 0 amide bonds. The van der Waals surface area contributed by atoms with Crippen LogP contribution in [0.5, 0.6) is 0 Å². The Kier molecular flexibility index (Phi) is 7.82. The second-order valence-corrected chi connectivity index (χ2v) is 6.53. The van der Waals surface area contributed by atoms with Gasteiger partial charge in [-0.2, -0.15) is 0 Å². The van der Waals surface area contributed by atoms with Gasteiger partial charge in [-0.15, -0.1) is 0 Å². The molecule has 1 unspecified atom stereocenters. The highest BCUT2D eigenvalue weighted by Gasteiger charge is 2.34. The molecule has 2 rings (SSSR count). The fourth-order valence-corrected chi connectivity index (χ4v) is 3.47. The highest BCUT2D eigenvalue weighted by molar-refractivity contribution is 5.81. The predicted octanol–water partition coefficient (Wildman–Crippen LogP) is 3.96. The average Bonchev–Trinajstić information content (AvgIpc) is 2.97. The van der Waals surface area contributed by atoms with Crippen molar-refractivity contribution >= 4 is 6.21 Å². The third kappa shape index (κ3) is 4.93. The van der Waals surface area contributed by atoms with Gasteiger partial charge in [-0.3, -0.25) is 9.89 Å². The number of hydrazine groups is 1. The van der Waals surface area contributed by atoms with Crippen molar-refractivity contribution in [3.8, 4) is 0 Å². The molecule has 2 heterocycles. The summed E-state index contributed by atoms with van der Waals surface area (Å²) in [7, 11) is 2.16. The lowest BCUT2D eigenvalue weighted by Gasteiger charge is -2.40. The summed E-state index contributed by atoms with van der Waals surface area (Å²) >= 11 is 0. The van der Waals surface area contributed by atoms with Gasteiger partial charge in [0, 0.05) is 51.3 Å². The summed E-state index contributed by atoms with van der Waals surface area (Å²) in [6.45, 7) is 13.9. The van der Waals surface area contributed by atoms with Gasteiger partial charge < -0.3 is 5.01 Å². The van der Waals surface area contributed by atoms with Crippen molar-refractivity contribution in [1.29, 1.82) is 0 Å². The van der Waals surface area contributed by atoms with Crippen molar-refractivity contribution < 1.29 is 0 Å². The maximum atomic E-state index is 4.21. The van der Waals surface area contributed by atoms with Crippen LogP contribution >= 0.6 is 0 Å². The first kappa shape index (κ1) is 20.1. The Bertz CT molecular complexity index is 664. The molecule has 0 aromatic carbocycles. The molecular weight excluding hydrogens is 320 g/mol. The maximum absolute atomic E-state index is 4.21. The van der Waals surface area contributed by atoms with Crippen molar-refractivity contribution in [2.75, 3.05) is 33.2 Å². The van der Waals surface area contributed by atoms with Gasteiger partial charge in [0.2, 0.25) is 0 Å². The first-order chi connectivity index (χ1) is 12.6. The van der Waals surface area contributed by atoms with Crippen molar-refractivity contribution in [2.24, 2.45) is 4.99 Å². The quantitative estimate of drug-likeness (QED) is 0.511. The molecule has 2 aliphatic heterocycles. The molecular formula is C22H32N4. The molecule has 0 saturated carbocycles. The van der Waals surface area contributed by atoms with E-state index >= 15 is 0 Å². The smallest absolute Gasteiger partial charge is 0.0752 e. The minimum atomic E-state index is 0.243. The normalized spacial score (nSPS) is 23.5. The monoisotopic (exact) mass is 352 g/mol. The summed E-state index contributed by atoms with van der Waals surface area (Å²) < 4.78 is 0. The van der Waals surface area contributed by atoms with Gasteiger partial charge in [-0.1, -0.05) is 43.0 Å². The van der Waals surface area contributed by atoms with Crippen LogP contribution in [0.1, 0.15) is 20.8 Å². The standard InChI is InChI=1S/C22H32N4/c1-6-10-12-19(11-7-2)17-25-13-14-26-21(18-25)15-22(24(26)5)20(8-3)16-23-9-4/h6-12,15-16,22H,4,13-14,17-18H2,1-3,5H3/b10-6+,11-7-,19-12+,20-8+,23-16?. The number of aliphatic imine (C=N–C) groups is 1. The maximum Gasteiger partial charge on any atom is 0.0752 e. The van der Waals surface area contributed by atoms with E-state index < -0.39 is 0 Å². The van der Waals surface area contributed by atoms with E-state index in [1.165, 1.54) is 16.8 Å². The molecule has 0 aliphatic carbocycles. The molecule has 2 aliphatic rings. The summed E-state index contributed by atoms with van der Waals surface area (Å²) in [6.07, 6.45) is 18.7. The van der Waals surface area contributed by atoms with Crippen LogP contribution in [0.25, 0.3) is 0 Å². The van der Waals surface area contributed by atoms with Crippen LogP contribution in [-0.4, -0.2) is 60.4 Å². The Balaban J connectivity index is 2.12. The van der Waals surface area contributed by atoms with Gasteiger partial charge in [0.15, 0.2) is 0 Å². The molecule has 0 aromatic heterocycles. The van der Waals surface area contributed by atoms with E-state index in [-0.39, 0.29) is 6.04 Å². The van der Waals surface area contributed by atoms with Gasteiger partial charge >= 0.3 is 0 Å². The number of fused-ring (bicyclic) bond motifs is 1. The summed E-state index contributed by atoms with van der Waals surface area (Å²) in [5, 5.41) is 4.72. The van der Waals surface area contributed by atoms with E-state index in [0.29, 0.717) is 0 Å². The molecule has 1 atom stereocenters. The summed E-state index contributed by atoms with van der Waals surface area (Å²) in [5.74, 6) is 0. The zero-order chi connectivity index (χ0) is 18.9. The molecule has 26 heavy (non-hydrogen) atoms. The van der Waals surface area contributed by atoms with Gasteiger partial charge in [0.05, 0.1) is 6.04 Å². The first-order valence-corrected chi connectivity index (χ1v) is 9.32. The Morgan fingerprint density at radius 3 is 2.73 bits per heavy atom. The van der Waals surface area contributed by atoms with Crippen molar-refractivity contribution in [3.63, 3.8) is 0 Å². The molecule has 0 aromatic rings. The third-order valence-electron chi connectivity index (χ3n) is 4.77. The van der Waals surface area contributed by atoms with E-state index in [0.717, 1.165) is 26.2 Å². The fraction of sp³-hybridized carbons (Fsp3) is 0.409. The predicted molar refractivity (Wildman–Crippen MR) is 113 cm³/mol. The fourth-order valence-electron chi connectivity index (χ4n) is 3.47. The number of rotatable bonds is 7. The first-order valence-electron chi connectivity index (χ1n) is 9.32. The number of hydrogen-bond acceptors (Lipinski definition) is 4. The molecule has 0 spiro atoms. The molecule has 1 saturated heterocycles. The molecule has 4 heteroatoms. The van der Waals surface area contributed by atoms with E-state index in [9.17, 15) is 0 Å². The second-order valence-electron chi connectivity index (χ2n) is 6.53. The van der Waals surface area contributed by atoms with Crippen LogP contribution in [0.2, 0.25) is 0 Å². The SMILES string of the molecule is C=CN=C/C(=C\C)C1C=C2CN(CC(/C=C\C)=C/C=C/C)CCN2N1C. The Morgan fingerprint density at radius 1 is 1.27 bits per heavy atom. The molecule has 0 bridgehead atoms. The summed E-state index contributed by atoms with van der Waals surface area (Å²) in [4.78, 5) is 6.72. The highest BCUT2D eigenvalue weighted by atomic mass is 15.7. The van der Waals surface area contributed by atoms with Crippen molar-refractivity contribution in [2.45, 2.75) is 26.8 Å². The lowest BCUT2D eigenvalue weighted by Crippen LogP contribution is -2.49. The lowest BCUT2D eigenvalue weighted by atomic mass is 10.1. The average molecular weight is 353 g/mol. The van der Waals surface area contributed by atoms with Crippen molar-refractivity contribution in [3.05, 3.63) is 72.2 Å². The number of piperazine rings is 1. The van der Waals surface area contributed by atoms with Crippen LogP contribution in [0, 0.1) is 0 Å². The van der Waals surface area contributed by atoms with E-state index in [1.807, 2.05) is 6.21 Å². The molecule has 0 radical (unpaired) electrons. The largest absolute Gasteiger partial charge is 0.307 e. The van der Waals surface area contributed by atoms with Gasteiger partial charge in [-0.25, -0.2) is 5.01 Å². The second kappa shape index (κ2) is 10.1. The molecule has 1 fully saturated rings. The van der Waals surface area contributed by atoms with Crippen LogP contribution in [0.15, 0.2) is 77.1 Å². The van der Waals surface area contributed by atoms with E-state index in [2.05, 4.69) is 96.8 Å². The van der Waals surface area contributed by atoms with E-state index in [4.69, 9.17) is 0 Å². The molecule has 4 nitrogen and oxygen atoms in total. The van der Waals surface area contributed by atoms with Crippen molar-refractivity contribution in [1.82, 2.24) is 14.9 Å². The Labute approximate surface area is 158 Å². The van der Waals surface area contributed by atoms with Crippen LogP contribution in [0.4, 0.5) is 0 Å². The van der Waals surface area contributed by atoms with Crippen LogP contribution < -0.4 is 0 Å². The zero-order valence-corrected chi connectivity index (χ0v) is 16.6. The molecule has 140 valence electrons. The van der Waals surface area contributed by atoms with Crippen LogP contribution in [-0.2, 0) is 0 Å². The topological polar surface area (TPSA) is 22.1 Å². The van der Waals surface area contributed by atoms with E-state index in [1.54, 1.807) is 6.20 Å². The number of hydrogen-bond donors (Lipinski definition) is 0. The Hall–Kier alpha value is -2.17. The lowest BCUT2D eigenvalue weighted by molar-refractivity contribution is 0.0130. The number of likely N-dealkylation sites (N-methyl/N-ethyl adjacent to an activating group) is 1. The molecule has 0 N–H and O–H groups in total. The highest BCUT2D eigenvalue weighted by Crippen LogP contribution is 2.28. The van der Waals surface area contributed by atoms with Gasteiger partial charge in [-0.05, 0) is 38.0 Å². The minimum Gasteiger partial charge on any atom is -0.307 e. The van der Waals surface area contributed by atoms with Gasteiger partial charge in [0.25, 0.3) is 0 Å². The third-order valence-corrected chi connectivity index (χ3v) is 4.77. The van der Waals surface area contributed by atoms with Gasteiger partial charge in [0.1, 0.15) is 0 Å².